The highest BCUT2D eigenvalue weighted by molar-refractivity contribution is 8.25. The molecule has 5 rings (SSSR count). The van der Waals surface area contributed by atoms with Crippen molar-refractivity contribution in [3.63, 3.8) is 0 Å². The van der Waals surface area contributed by atoms with Crippen LogP contribution in [0.5, 0.6) is 5.75 Å². The zero-order chi connectivity index (χ0) is 18.4. The van der Waals surface area contributed by atoms with E-state index in [2.05, 4.69) is 22.3 Å². The van der Waals surface area contributed by atoms with Gasteiger partial charge in [-0.25, -0.2) is 0 Å². The normalized spacial score (nSPS) is 27.6. The number of carbonyl (C=O) groups is 1. The van der Waals surface area contributed by atoms with Crippen LogP contribution < -0.4 is 10.1 Å². The van der Waals surface area contributed by atoms with Crippen molar-refractivity contribution in [3.8, 4) is 5.75 Å². The summed E-state index contributed by atoms with van der Waals surface area (Å²) in [6, 6.07) is 8.28. The Hall–Kier alpha value is -1.18. The molecule has 27 heavy (non-hydrogen) atoms. The van der Waals surface area contributed by atoms with E-state index in [9.17, 15) is 4.79 Å². The van der Waals surface area contributed by atoms with Crippen LogP contribution in [0, 0.1) is 0 Å². The molecule has 3 heterocycles. The molecular formula is C20H22N2O2S3. The maximum Gasteiger partial charge on any atom is 0.235 e. The molecule has 142 valence electrons. The number of hydrogen-bond donors (Lipinski definition) is 1. The Morgan fingerprint density at radius 2 is 1.93 bits per heavy atom. The second kappa shape index (κ2) is 7.33. The quantitative estimate of drug-likeness (QED) is 0.771. The number of nitrogens with zero attached hydrogens (tertiary/aromatic N) is 1. The van der Waals surface area contributed by atoms with Gasteiger partial charge >= 0.3 is 0 Å². The molecular weight excluding hydrogens is 396 g/mol. The second-order valence-corrected chi connectivity index (χ2v) is 10.5. The molecule has 2 atom stereocenters. The number of nitrogens with one attached hydrogen (secondary N) is 1. The summed E-state index contributed by atoms with van der Waals surface area (Å²) in [6.45, 7) is 0. The van der Waals surface area contributed by atoms with Crippen molar-refractivity contribution in [1.82, 2.24) is 10.2 Å². The number of benzene rings is 1. The van der Waals surface area contributed by atoms with Crippen LogP contribution in [0.1, 0.15) is 30.9 Å². The minimum atomic E-state index is 0.0342. The molecule has 0 aromatic heterocycles. The van der Waals surface area contributed by atoms with Crippen LogP contribution in [-0.2, 0) is 4.79 Å². The number of fused-ring (bicyclic) bond motifs is 1. The third kappa shape index (κ3) is 3.08. The fourth-order valence-electron chi connectivity index (χ4n) is 4.31. The molecule has 4 nitrogen and oxygen atoms in total. The van der Waals surface area contributed by atoms with Gasteiger partial charge in [-0.2, -0.15) is 0 Å². The van der Waals surface area contributed by atoms with E-state index in [0.29, 0.717) is 5.75 Å². The topological polar surface area (TPSA) is 41.6 Å². The first kappa shape index (κ1) is 17.9. The first-order chi connectivity index (χ1) is 13.3. The van der Waals surface area contributed by atoms with E-state index in [1.54, 1.807) is 18.9 Å². The average Bonchev–Trinajstić information content (AvgIpc) is 3.37. The van der Waals surface area contributed by atoms with Crippen LogP contribution in [0.25, 0.3) is 0 Å². The molecule has 0 radical (unpaired) electrons. The Balaban J connectivity index is 1.63. The van der Waals surface area contributed by atoms with Crippen LogP contribution in [0.2, 0.25) is 0 Å². The molecule has 7 heteroatoms. The van der Waals surface area contributed by atoms with Gasteiger partial charge < -0.3 is 15.0 Å². The van der Waals surface area contributed by atoms with Crippen molar-refractivity contribution in [2.24, 2.45) is 0 Å². The summed E-state index contributed by atoms with van der Waals surface area (Å²) in [5, 5.41) is 3.74. The minimum absolute atomic E-state index is 0.0342. The SMILES string of the molecule is COc1ccc([C@H]2C3=C(N[C@H]4SCC(=O)N24)C(=C2SCCS2)CCC3)cc1. The van der Waals surface area contributed by atoms with Gasteiger partial charge in [0.15, 0.2) is 5.50 Å². The fraction of sp³-hybridized carbons (Fsp3) is 0.450. The lowest BCUT2D eigenvalue weighted by molar-refractivity contribution is -0.130. The highest BCUT2D eigenvalue weighted by Crippen LogP contribution is 2.50. The molecule has 4 aliphatic rings. The third-order valence-corrected chi connectivity index (χ3v) is 9.38. The van der Waals surface area contributed by atoms with Crippen molar-refractivity contribution in [2.75, 3.05) is 24.4 Å². The number of hydrogen-bond acceptors (Lipinski definition) is 6. The van der Waals surface area contributed by atoms with E-state index >= 15 is 0 Å². The van der Waals surface area contributed by atoms with Crippen molar-refractivity contribution in [1.29, 1.82) is 0 Å². The number of thioether (sulfide) groups is 3. The van der Waals surface area contributed by atoms with E-state index in [1.165, 1.54) is 38.1 Å². The Kier molecular flexibility index (Phi) is 4.86. The number of methoxy groups -OCH3 is 1. The van der Waals surface area contributed by atoms with Gasteiger partial charge in [-0.15, -0.1) is 35.3 Å². The number of allylic oxidation sites excluding steroid dienone is 1. The van der Waals surface area contributed by atoms with Gasteiger partial charge in [-0.1, -0.05) is 12.1 Å². The average molecular weight is 419 g/mol. The van der Waals surface area contributed by atoms with Gasteiger partial charge in [0.2, 0.25) is 5.91 Å². The van der Waals surface area contributed by atoms with Crippen LogP contribution in [0.15, 0.2) is 45.3 Å². The zero-order valence-corrected chi connectivity index (χ0v) is 17.6. The van der Waals surface area contributed by atoms with Crippen LogP contribution in [0.4, 0.5) is 0 Å². The van der Waals surface area contributed by atoms with Crippen LogP contribution in [-0.4, -0.2) is 40.7 Å². The molecule has 0 unspecified atom stereocenters. The molecule has 0 saturated carbocycles. The smallest absolute Gasteiger partial charge is 0.235 e. The Morgan fingerprint density at radius 1 is 1.15 bits per heavy atom. The van der Waals surface area contributed by atoms with Gasteiger partial charge in [0, 0.05) is 21.4 Å². The molecule has 1 aromatic carbocycles. The molecule has 1 N–H and O–H groups in total. The summed E-state index contributed by atoms with van der Waals surface area (Å²) >= 11 is 5.70. The molecule has 3 aliphatic heterocycles. The zero-order valence-electron chi connectivity index (χ0n) is 15.2. The molecule has 0 bridgehead atoms. The summed E-state index contributed by atoms with van der Waals surface area (Å²) in [5.41, 5.74) is 5.41. The van der Waals surface area contributed by atoms with Crippen LogP contribution >= 0.6 is 35.3 Å². The Bertz CT molecular complexity index is 826. The predicted molar refractivity (Wildman–Crippen MR) is 115 cm³/mol. The van der Waals surface area contributed by atoms with Crippen molar-refractivity contribution in [2.45, 2.75) is 30.8 Å². The number of amides is 1. The summed E-state index contributed by atoms with van der Waals surface area (Å²) in [6.07, 6.45) is 3.35. The van der Waals surface area contributed by atoms with Crippen LogP contribution in [0.3, 0.4) is 0 Å². The van der Waals surface area contributed by atoms with E-state index in [-0.39, 0.29) is 17.4 Å². The third-order valence-electron chi connectivity index (χ3n) is 5.50. The number of carbonyl (C=O) groups excluding carboxylic acids is 1. The maximum atomic E-state index is 12.7. The number of rotatable bonds is 2. The van der Waals surface area contributed by atoms with E-state index in [0.717, 1.165) is 25.0 Å². The van der Waals surface area contributed by atoms with E-state index in [4.69, 9.17) is 4.74 Å². The van der Waals surface area contributed by atoms with Crippen molar-refractivity contribution < 1.29 is 9.53 Å². The summed E-state index contributed by atoms with van der Waals surface area (Å²) < 4.78 is 6.83. The molecule has 1 aliphatic carbocycles. The Morgan fingerprint density at radius 3 is 2.67 bits per heavy atom. The number of ether oxygens (including phenoxy) is 1. The molecule has 1 aromatic rings. The summed E-state index contributed by atoms with van der Waals surface area (Å²) in [5.74, 6) is 4.05. The highest BCUT2D eigenvalue weighted by atomic mass is 32.2. The van der Waals surface area contributed by atoms with E-state index in [1.807, 2.05) is 35.7 Å². The monoisotopic (exact) mass is 418 g/mol. The first-order valence-corrected chi connectivity index (χ1v) is 12.3. The first-order valence-electron chi connectivity index (χ1n) is 9.31. The van der Waals surface area contributed by atoms with Crippen molar-refractivity contribution >= 4 is 41.2 Å². The van der Waals surface area contributed by atoms with Gasteiger partial charge in [-0.3, -0.25) is 4.79 Å². The lowest BCUT2D eigenvalue weighted by atomic mass is 9.83. The molecule has 2 saturated heterocycles. The predicted octanol–water partition coefficient (Wildman–Crippen LogP) is 4.33. The molecule has 0 spiro atoms. The second-order valence-electron chi connectivity index (χ2n) is 7.00. The lowest BCUT2D eigenvalue weighted by Crippen LogP contribution is -2.50. The van der Waals surface area contributed by atoms with Gasteiger partial charge in [-0.05, 0) is 48.1 Å². The molecule has 1 amide bonds. The van der Waals surface area contributed by atoms with Gasteiger partial charge in [0.05, 0.1) is 18.9 Å². The van der Waals surface area contributed by atoms with E-state index < -0.39 is 0 Å². The summed E-state index contributed by atoms with van der Waals surface area (Å²) in [4.78, 5) is 14.8. The van der Waals surface area contributed by atoms with Crippen molar-refractivity contribution in [3.05, 3.63) is 50.9 Å². The summed E-state index contributed by atoms with van der Waals surface area (Å²) in [7, 11) is 1.69. The molecule has 2 fully saturated rings. The minimum Gasteiger partial charge on any atom is -0.497 e. The largest absolute Gasteiger partial charge is 0.497 e. The standard InChI is InChI=1S/C20H22N2O2S3/c1-24-13-7-5-12(6-8-13)18-14-3-2-4-15(19-25-9-10-26-19)17(14)21-20-22(18)16(23)11-27-20/h5-8,18,20-21H,2-4,9-11H2,1H3/t18-,20+/m0/s1. The highest BCUT2D eigenvalue weighted by Gasteiger charge is 2.45. The maximum absolute atomic E-state index is 12.7. The Labute approximate surface area is 172 Å². The van der Waals surface area contributed by atoms with Gasteiger partial charge in [0.25, 0.3) is 0 Å². The fourth-order valence-corrected chi connectivity index (χ4v) is 7.99. The van der Waals surface area contributed by atoms with Gasteiger partial charge in [0.1, 0.15) is 5.75 Å². The lowest BCUT2D eigenvalue weighted by Gasteiger charge is -2.44.